The first-order valence-corrected chi connectivity index (χ1v) is 10.7. The lowest BCUT2D eigenvalue weighted by molar-refractivity contribution is 0.153. The maximum atomic E-state index is 12.7. The van der Waals surface area contributed by atoms with E-state index in [9.17, 15) is 13.2 Å². The zero-order chi connectivity index (χ0) is 19.9. The van der Waals surface area contributed by atoms with Gasteiger partial charge in [0.05, 0.1) is 12.9 Å². The zero-order valence-electron chi connectivity index (χ0n) is 15.0. The highest BCUT2D eigenvalue weighted by molar-refractivity contribution is 9.10. The lowest BCUT2D eigenvalue weighted by atomic mass is 10.2. The number of urea groups is 1. The summed E-state index contributed by atoms with van der Waals surface area (Å²) in [5, 5.41) is 2.84. The Hall–Kier alpha value is -2.10. The topological polar surface area (TPSA) is 84.9 Å². The van der Waals surface area contributed by atoms with Crippen LogP contribution in [0, 0.1) is 0 Å². The Bertz CT molecular complexity index is 889. The zero-order valence-corrected chi connectivity index (χ0v) is 17.4. The third-order valence-electron chi connectivity index (χ3n) is 3.45. The van der Waals surface area contributed by atoms with Crippen molar-refractivity contribution in [1.29, 1.82) is 0 Å². The molecular formula is C18H21BrN2O5S. The summed E-state index contributed by atoms with van der Waals surface area (Å²) >= 11 is 3.37. The van der Waals surface area contributed by atoms with Gasteiger partial charge in [-0.25, -0.2) is 4.79 Å². The molecule has 0 heterocycles. The van der Waals surface area contributed by atoms with E-state index in [0.717, 1.165) is 16.3 Å². The van der Waals surface area contributed by atoms with Crippen LogP contribution < -0.4 is 9.50 Å². The van der Waals surface area contributed by atoms with E-state index < -0.39 is 10.1 Å². The Morgan fingerprint density at radius 1 is 1.19 bits per heavy atom. The minimum atomic E-state index is -3.62. The summed E-state index contributed by atoms with van der Waals surface area (Å²) in [6.07, 6.45) is 0.982. The van der Waals surface area contributed by atoms with Crippen molar-refractivity contribution in [2.75, 3.05) is 31.8 Å². The summed E-state index contributed by atoms with van der Waals surface area (Å²) in [5.74, 6) is 0.203. The number of methoxy groups -OCH3 is 1. The van der Waals surface area contributed by atoms with E-state index in [1.54, 1.807) is 48.4 Å². The van der Waals surface area contributed by atoms with Gasteiger partial charge in [0.1, 0.15) is 5.75 Å². The second kappa shape index (κ2) is 9.72. The lowest BCUT2D eigenvalue weighted by Gasteiger charge is -2.23. The summed E-state index contributed by atoms with van der Waals surface area (Å²) in [6, 6.07) is 13.6. The summed E-state index contributed by atoms with van der Waals surface area (Å²) in [5.41, 5.74) is 1.39. The molecule has 27 heavy (non-hydrogen) atoms. The molecule has 146 valence electrons. The van der Waals surface area contributed by atoms with Gasteiger partial charge in [0.25, 0.3) is 0 Å². The van der Waals surface area contributed by atoms with Gasteiger partial charge in [-0.2, -0.15) is 8.42 Å². The van der Waals surface area contributed by atoms with Crippen molar-refractivity contribution < 1.29 is 22.1 Å². The van der Waals surface area contributed by atoms with Crippen molar-refractivity contribution in [3.05, 3.63) is 58.6 Å². The van der Waals surface area contributed by atoms with Gasteiger partial charge in [0.15, 0.2) is 0 Å². The van der Waals surface area contributed by atoms with Crippen molar-refractivity contribution in [3.63, 3.8) is 0 Å². The predicted molar refractivity (Wildman–Crippen MR) is 107 cm³/mol. The second-order valence-electron chi connectivity index (χ2n) is 5.79. The molecule has 2 amide bonds. The molecule has 0 radical (unpaired) electrons. The molecule has 2 aromatic rings. The molecule has 7 nitrogen and oxygen atoms in total. The molecule has 0 unspecified atom stereocenters. The van der Waals surface area contributed by atoms with Crippen molar-refractivity contribution in [2.45, 2.75) is 6.54 Å². The molecule has 0 aliphatic heterocycles. The third kappa shape index (κ3) is 7.58. The van der Waals surface area contributed by atoms with Gasteiger partial charge >= 0.3 is 16.1 Å². The molecular weight excluding hydrogens is 436 g/mol. The number of hydrogen-bond donors (Lipinski definition) is 1. The number of nitrogens with one attached hydrogen (secondary N) is 1. The molecule has 0 saturated carbocycles. The van der Waals surface area contributed by atoms with Crippen LogP contribution in [-0.2, 0) is 21.4 Å². The minimum Gasteiger partial charge on any atom is -0.383 e. The van der Waals surface area contributed by atoms with E-state index in [1.807, 2.05) is 12.1 Å². The Morgan fingerprint density at radius 3 is 2.59 bits per heavy atom. The first-order chi connectivity index (χ1) is 12.8. The molecule has 0 saturated heterocycles. The van der Waals surface area contributed by atoms with Gasteiger partial charge in [-0.1, -0.05) is 34.1 Å². The molecule has 0 bridgehead atoms. The molecule has 0 atom stereocenters. The number of carbonyl (C=O) groups excluding carboxylic acids is 1. The van der Waals surface area contributed by atoms with Gasteiger partial charge in [0.2, 0.25) is 0 Å². The van der Waals surface area contributed by atoms with Crippen LogP contribution in [0.1, 0.15) is 5.56 Å². The highest BCUT2D eigenvalue weighted by Crippen LogP contribution is 2.19. The second-order valence-corrected chi connectivity index (χ2v) is 8.28. The van der Waals surface area contributed by atoms with E-state index in [2.05, 4.69) is 21.2 Å². The number of ether oxygens (including phenoxy) is 1. The predicted octanol–water partition coefficient (Wildman–Crippen LogP) is 3.47. The van der Waals surface area contributed by atoms with Crippen LogP contribution in [0.15, 0.2) is 53.0 Å². The van der Waals surface area contributed by atoms with E-state index >= 15 is 0 Å². The van der Waals surface area contributed by atoms with Crippen LogP contribution in [0.3, 0.4) is 0 Å². The van der Waals surface area contributed by atoms with Gasteiger partial charge in [0, 0.05) is 30.4 Å². The average Bonchev–Trinajstić information content (AvgIpc) is 2.57. The van der Waals surface area contributed by atoms with Crippen molar-refractivity contribution in [1.82, 2.24) is 4.90 Å². The fourth-order valence-corrected chi connectivity index (χ4v) is 3.17. The summed E-state index contributed by atoms with van der Waals surface area (Å²) in [7, 11) is -2.05. The number of amides is 2. The SMILES string of the molecule is COCCN(Cc1cccc(OS(C)(=O)=O)c1)C(=O)Nc1cccc(Br)c1. The molecule has 1 N–H and O–H groups in total. The molecule has 2 rings (SSSR count). The van der Waals surface area contributed by atoms with Crippen molar-refractivity contribution in [3.8, 4) is 5.75 Å². The van der Waals surface area contributed by atoms with Crippen LogP contribution in [0.25, 0.3) is 0 Å². The molecule has 0 fully saturated rings. The van der Waals surface area contributed by atoms with Crippen molar-refractivity contribution in [2.24, 2.45) is 0 Å². The standard InChI is InChI=1S/C18H21BrN2O5S/c1-25-10-9-21(18(22)20-16-7-4-6-15(19)12-16)13-14-5-3-8-17(11-14)26-27(2,23)24/h3-8,11-12H,9-10,13H2,1-2H3,(H,20,22). The maximum Gasteiger partial charge on any atom is 0.322 e. The number of anilines is 1. The van der Waals surface area contributed by atoms with Gasteiger partial charge in [-0.15, -0.1) is 0 Å². The number of benzene rings is 2. The van der Waals surface area contributed by atoms with Crippen LogP contribution in [-0.4, -0.2) is 45.9 Å². The normalized spacial score (nSPS) is 11.1. The van der Waals surface area contributed by atoms with Gasteiger partial charge < -0.3 is 19.1 Å². The highest BCUT2D eigenvalue weighted by Gasteiger charge is 2.15. The number of carbonyl (C=O) groups is 1. The quantitative estimate of drug-likeness (QED) is 0.614. The Morgan fingerprint density at radius 2 is 1.93 bits per heavy atom. The monoisotopic (exact) mass is 456 g/mol. The van der Waals surface area contributed by atoms with E-state index in [4.69, 9.17) is 8.92 Å². The molecule has 0 aliphatic carbocycles. The third-order valence-corrected chi connectivity index (χ3v) is 4.44. The Labute approximate surface area is 167 Å². The highest BCUT2D eigenvalue weighted by atomic mass is 79.9. The van der Waals surface area contributed by atoms with Crippen LogP contribution >= 0.6 is 15.9 Å². The van der Waals surface area contributed by atoms with Crippen LogP contribution in [0.5, 0.6) is 5.75 Å². The average molecular weight is 457 g/mol. The van der Waals surface area contributed by atoms with Crippen LogP contribution in [0.2, 0.25) is 0 Å². The summed E-state index contributed by atoms with van der Waals surface area (Å²) in [6.45, 7) is 1.00. The van der Waals surface area contributed by atoms with Gasteiger partial charge in [-0.05, 0) is 35.9 Å². The fraction of sp³-hybridized carbons (Fsp3) is 0.278. The Kier molecular flexibility index (Phi) is 7.64. The lowest BCUT2D eigenvalue weighted by Crippen LogP contribution is -2.36. The number of nitrogens with zero attached hydrogens (tertiary/aromatic N) is 1. The molecule has 2 aromatic carbocycles. The largest absolute Gasteiger partial charge is 0.383 e. The fourth-order valence-electron chi connectivity index (χ4n) is 2.31. The summed E-state index contributed by atoms with van der Waals surface area (Å²) < 4.78 is 33.4. The minimum absolute atomic E-state index is 0.203. The molecule has 0 aliphatic rings. The van der Waals surface area contributed by atoms with E-state index in [-0.39, 0.29) is 18.3 Å². The van der Waals surface area contributed by atoms with E-state index in [0.29, 0.717) is 18.8 Å². The number of hydrogen-bond acceptors (Lipinski definition) is 5. The Balaban J connectivity index is 2.13. The number of halogens is 1. The van der Waals surface area contributed by atoms with Crippen LogP contribution in [0.4, 0.5) is 10.5 Å². The first-order valence-electron chi connectivity index (χ1n) is 8.05. The van der Waals surface area contributed by atoms with Gasteiger partial charge in [-0.3, -0.25) is 0 Å². The smallest absolute Gasteiger partial charge is 0.322 e. The first kappa shape index (κ1) is 21.2. The summed E-state index contributed by atoms with van der Waals surface area (Å²) in [4.78, 5) is 14.2. The number of rotatable bonds is 8. The molecule has 9 heteroatoms. The molecule has 0 aromatic heterocycles. The van der Waals surface area contributed by atoms with Crippen molar-refractivity contribution >= 4 is 37.8 Å². The maximum absolute atomic E-state index is 12.7. The van der Waals surface area contributed by atoms with E-state index in [1.165, 1.54) is 0 Å². The molecule has 0 spiro atoms.